The summed E-state index contributed by atoms with van der Waals surface area (Å²) in [5, 5.41) is 0. The zero-order valence-corrected chi connectivity index (χ0v) is 11.4. The maximum Gasteiger partial charge on any atom is 0.119 e. The lowest BCUT2D eigenvalue weighted by atomic mass is 10.0. The van der Waals surface area contributed by atoms with Gasteiger partial charge in [-0.3, -0.25) is 4.90 Å². The Morgan fingerprint density at radius 3 is 3.00 bits per heavy atom. The van der Waals surface area contributed by atoms with Crippen molar-refractivity contribution < 1.29 is 4.74 Å². The van der Waals surface area contributed by atoms with Gasteiger partial charge >= 0.3 is 0 Å². The summed E-state index contributed by atoms with van der Waals surface area (Å²) in [6.45, 7) is 8.13. The Morgan fingerprint density at radius 1 is 1.50 bits per heavy atom. The second kappa shape index (κ2) is 6.21. The van der Waals surface area contributed by atoms with E-state index in [4.69, 9.17) is 10.5 Å². The van der Waals surface area contributed by atoms with Crippen LogP contribution in [-0.2, 0) is 6.54 Å². The second-order valence-electron chi connectivity index (χ2n) is 5.22. The van der Waals surface area contributed by atoms with E-state index in [1.807, 2.05) is 13.0 Å². The normalized spacial score (nSPS) is 22.1. The Morgan fingerprint density at radius 2 is 2.33 bits per heavy atom. The first kappa shape index (κ1) is 13.4. The lowest BCUT2D eigenvalue weighted by Gasteiger charge is -2.18. The summed E-state index contributed by atoms with van der Waals surface area (Å²) in [6.07, 6.45) is 1.23. The smallest absolute Gasteiger partial charge is 0.119 e. The molecule has 0 saturated carbocycles. The van der Waals surface area contributed by atoms with Gasteiger partial charge in [0.15, 0.2) is 0 Å². The number of likely N-dealkylation sites (tertiary alicyclic amines) is 1. The fourth-order valence-corrected chi connectivity index (χ4v) is 2.59. The van der Waals surface area contributed by atoms with Gasteiger partial charge in [-0.2, -0.15) is 0 Å². The maximum atomic E-state index is 5.97. The number of hydrogen-bond acceptors (Lipinski definition) is 3. The summed E-state index contributed by atoms with van der Waals surface area (Å²) in [7, 11) is 0. The van der Waals surface area contributed by atoms with Gasteiger partial charge in [-0.1, -0.05) is 12.1 Å². The largest absolute Gasteiger partial charge is 0.494 e. The van der Waals surface area contributed by atoms with Crippen LogP contribution >= 0.6 is 0 Å². The van der Waals surface area contributed by atoms with Crippen molar-refractivity contribution in [2.45, 2.75) is 32.9 Å². The Hall–Kier alpha value is -1.06. The fourth-order valence-electron chi connectivity index (χ4n) is 2.59. The molecule has 2 rings (SSSR count). The predicted molar refractivity (Wildman–Crippen MR) is 74.6 cm³/mol. The van der Waals surface area contributed by atoms with Crippen LogP contribution in [0.1, 0.15) is 25.8 Å². The van der Waals surface area contributed by atoms with E-state index in [1.54, 1.807) is 0 Å². The van der Waals surface area contributed by atoms with Crippen molar-refractivity contribution in [3.8, 4) is 5.75 Å². The van der Waals surface area contributed by atoms with Gasteiger partial charge in [0.05, 0.1) is 6.61 Å². The Kier molecular flexibility index (Phi) is 4.61. The first-order valence-corrected chi connectivity index (χ1v) is 6.88. The van der Waals surface area contributed by atoms with E-state index in [-0.39, 0.29) is 0 Å². The monoisotopic (exact) mass is 248 g/mol. The number of nitrogens with zero attached hydrogens (tertiary/aromatic N) is 1. The van der Waals surface area contributed by atoms with E-state index < -0.39 is 0 Å². The standard InChI is InChI=1S/C15H24N2O/c1-3-18-15-6-4-5-13(9-15)10-17-8-7-14(11-17)12(2)16/h4-6,9,12,14H,3,7-8,10-11,16H2,1-2H3. The van der Waals surface area contributed by atoms with Crippen molar-refractivity contribution in [1.82, 2.24) is 4.90 Å². The van der Waals surface area contributed by atoms with Crippen molar-refractivity contribution in [3.05, 3.63) is 29.8 Å². The van der Waals surface area contributed by atoms with Gasteiger partial charge < -0.3 is 10.5 Å². The van der Waals surface area contributed by atoms with Crippen LogP contribution in [0.25, 0.3) is 0 Å². The minimum Gasteiger partial charge on any atom is -0.494 e. The summed E-state index contributed by atoms with van der Waals surface area (Å²) in [5.41, 5.74) is 7.30. The van der Waals surface area contributed by atoms with Crippen LogP contribution in [-0.4, -0.2) is 30.6 Å². The Balaban J connectivity index is 1.92. The highest BCUT2D eigenvalue weighted by molar-refractivity contribution is 5.28. The highest BCUT2D eigenvalue weighted by Crippen LogP contribution is 2.22. The van der Waals surface area contributed by atoms with Crippen LogP contribution in [0, 0.1) is 5.92 Å². The third kappa shape index (κ3) is 3.47. The van der Waals surface area contributed by atoms with Gasteiger partial charge in [0, 0.05) is 19.1 Å². The molecule has 0 bridgehead atoms. The molecular weight excluding hydrogens is 224 g/mol. The molecule has 2 unspecified atom stereocenters. The molecule has 1 aliphatic rings. The molecule has 0 amide bonds. The van der Waals surface area contributed by atoms with Crippen LogP contribution in [0.5, 0.6) is 5.75 Å². The molecule has 1 fully saturated rings. The molecule has 0 aliphatic carbocycles. The van der Waals surface area contributed by atoms with Crippen LogP contribution < -0.4 is 10.5 Å². The molecule has 0 aromatic heterocycles. The summed E-state index contributed by atoms with van der Waals surface area (Å²) in [4.78, 5) is 2.49. The lowest BCUT2D eigenvalue weighted by molar-refractivity contribution is 0.306. The average Bonchev–Trinajstić information content (AvgIpc) is 2.78. The topological polar surface area (TPSA) is 38.5 Å². The van der Waals surface area contributed by atoms with Gasteiger partial charge in [-0.05, 0) is 50.4 Å². The van der Waals surface area contributed by atoms with Gasteiger partial charge in [0.1, 0.15) is 5.75 Å². The molecule has 100 valence electrons. The third-order valence-electron chi connectivity index (χ3n) is 3.67. The molecule has 2 atom stereocenters. The van der Waals surface area contributed by atoms with Gasteiger partial charge in [0.2, 0.25) is 0 Å². The SMILES string of the molecule is CCOc1cccc(CN2CCC(C(C)N)C2)c1. The minimum absolute atomic E-state index is 0.310. The first-order chi connectivity index (χ1) is 8.69. The Bertz CT molecular complexity index is 379. The van der Waals surface area contributed by atoms with Crippen molar-refractivity contribution >= 4 is 0 Å². The van der Waals surface area contributed by atoms with Gasteiger partial charge in [-0.15, -0.1) is 0 Å². The summed E-state index contributed by atoms with van der Waals surface area (Å²) >= 11 is 0. The molecule has 1 aliphatic heterocycles. The van der Waals surface area contributed by atoms with Crippen molar-refractivity contribution in [3.63, 3.8) is 0 Å². The number of benzene rings is 1. The van der Waals surface area contributed by atoms with E-state index in [2.05, 4.69) is 30.0 Å². The molecule has 1 aromatic rings. The molecule has 2 N–H and O–H groups in total. The lowest BCUT2D eigenvalue weighted by Crippen LogP contribution is -2.29. The highest BCUT2D eigenvalue weighted by atomic mass is 16.5. The van der Waals surface area contributed by atoms with Crippen LogP contribution in [0.15, 0.2) is 24.3 Å². The molecule has 1 saturated heterocycles. The zero-order chi connectivity index (χ0) is 13.0. The molecule has 18 heavy (non-hydrogen) atoms. The van der Waals surface area contributed by atoms with Crippen LogP contribution in [0.4, 0.5) is 0 Å². The molecule has 1 heterocycles. The molecule has 3 heteroatoms. The molecule has 1 aromatic carbocycles. The summed E-state index contributed by atoms with van der Waals surface area (Å²) in [6, 6.07) is 8.70. The average molecular weight is 248 g/mol. The van der Waals surface area contributed by atoms with Crippen molar-refractivity contribution in [1.29, 1.82) is 0 Å². The number of hydrogen-bond donors (Lipinski definition) is 1. The second-order valence-corrected chi connectivity index (χ2v) is 5.22. The van der Waals surface area contributed by atoms with E-state index in [0.29, 0.717) is 12.0 Å². The van der Waals surface area contributed by atoms with Crippen LogP contribution in [0.2, 0.25) is 0 Å². The number of ether oxygens (including phenoxy) is 1. The van der Waals surface area contributed by atoms with Crippen molar-refractivity contribution in [2.75, 3.05) is 19.7 Å². The highest BCUT2D eigenvalue weighted by Gasteiger charge is 2.24. The molecule has 3 nitrogen and oxygen atoms in total. The van der Waals surface area contributed by atoms with Gasteiger partial charge in [0.25, 0.3) is 0 Å². The zero-order valence-electron chi connectivity index (χ0n) is 11.4. The maximum absolute atomic E-state index is 5.97. The molecule has 0 radical (unpaired) electrons. The first-order valence-electron chi connectivity index (χ1n) is 6.88. The molecular formula is C15H24N2O. The number of nitrogens with two attached hydrogens (primary N) is 1. The quantitative estimate of drug-likeness (QED) is 0.868. The van der Waals surface area contributed by atoms with E-state index in [9.17, 15) is 0 Å². The minimum atomic E-state index is 0.310. The Labute approximate surface area is 110 Å². The van der Waals surface area contributed by atoms with E-state index in [1.165, 1.54) is 12.0 Å². The van der Waals surface area contributed by atoms with E-state index >= 15 is 0 Å². The predicted octanol–water partition coefficient (Wildman–Crippen LogP) is 2.25. The van der Waals surface area contributed by atoms with Crippen molar-refractivity contribution in [2.24, 2.45) is 11.7 Å². The van der Waals surface area contributed by atoms with E-state index in [0.717, 1.165) is 32.0 Å². The number of rotatable bonds is 5. The van der Waals surface area contributed by atoms with Gasteiger partial charge in [-0.25, -0.2) is 0 Å². The fraction of sp³-hybridized carbons (Fsp3) is 0.600. The third-order valence-corrected chi connectivity index (χ3v) is 3.67. The molecule has 0 spiro atoms. The van der Waals surface area contributed by atoms with Crippen LogP contribution in [0.3, 0.4) is 0 Å². The summed E-state index contributed by atoms with van der Waals surface area (Å²) < 4.78 is 5.53. The summed E-state index contributed by atoms with van der Waals surface area (Å²) in [5.74, 6) is 1.62.